The van der Waals surface area contributed by atoms with E-state index in [0.717, 1.165) is 11.1 Å². The lowest BCUT2D eigenvalue weighted by Gasteiger charge is -2.11. The highest BCUT2D eigenvalue weighted by Gasteiger charge is 2.10. The van der Waals surface area contributed by atoms with Crippen molar-refractivity contribution in [3.63, 3.8) is 0 Å². The molecule has 2 aromatic rings. The molecule has 0 saturated carbocycles. The number of amides is 1. The van der Waals surface area contributed by atoms with Gasteiger partial charge in [0, 0.05) is 12.1 Å². The molecular weight excluding hydrogens is 278 g/mol. The van der Waals surface area contributed by atoms with Crippen molar-refractivity contribution in [1.29, 1.82) is 0 Å². The Morgan fingerprint density at radius 2 is 1.77 bits per heavy atom. The number of ether oxygens (including phenoxy) is 2. The van der Waals surface area contributed by atoms with E-state index in [9.17, 15) is 4.79 Å². The van der Waals surface area contributed by atoms with Gasteiger partial charge in [-0.25, -0.2) is 0 Å². The molecule has 0 aliphatic rings. The summed E-state index contributed by atoms with van der Waals surface area (Å²) in [5.74, 6) is 1.35. The molecule has 0 bridgehead atoms. The van der Waals surface area contributed by atoms with E-state index in [-0.39, 0.29) is 12.3 Å². The van der Waals surface area contributed by atoms with E-state index in [4.69, 9.17) is 9.47 Å². The first kappa shape index (κ1) is 15.9. The summed E-state index contributed by atoms with van der Waals surface area (Å²) in [5, 5.41) is 2.92. The lowest BCUT2D eigenvalue weighted by molar-refractivity contribution is -0.120. The van der Waals surface area contributed by atoms with Gasteiger partial charge in [0.05, 0.1) is 20.6 Å². The molecule has 0 aliphatic heterocycles. The molecule has 0 atom stereocenters. The maximum Gasteiger partial charge on any atom is 0.224 e. The van der Waals surface area contributed by atoms with Gasteiger partial charge in [-0.1, -0.05) is 29.8 Å². The van der Waals surface area contributed by atoms with Crippen LogP contribution in [0, 0.1) is 6.92 Å². The normalized spacial score (nSPS) is 10.1. The SMILES string of the molecule is COc1ccc(OC)c(CC(=O)NCc2ccc(C)cc2)c1. The molecule has 22 heavy (non-hydrogen) atoms. The molecule has 4 heteroatoms. The van der Waals surface area contributed by atoms with Gasteiger partial charge in [0.2, 0.25) is 5.91 Å². The van der Waals surface area contributed by atoms with Crippen molar-refractivity contribution in [2.75, 3.05) is 14.2 Å². The molecule has 0 heterocycles. The summed E-state index contributed by atoms with van der Waals surface area (Å²) >= 11 is 0. The molecule has 4 nitrogen and oxygen atoms in total. The van der Waals surface area contributed by atoms with Crippen LogP contribution in [0.5, 0.6) is 11.5 Å². The van der Waals surface area contributed by atoms with Crippen LogP contribution in [-0.2, 0) is 17.8 Å². The Bertz CT molecular complexity index is 635. The molecule has 2 rings (SSSR count). The second-order valence-corrected chi connectivity index (χ2v) is 5.12. The van der Waals surface area contributed by atoms with E-state index >= 15 is 0 Å². The zero-order chi connectivity index (χ0) is 15.9. The molecule has 0 aliphatic carbocycles. The summed E-state index contributed by atoms with van der Waals surface area (Å²) in [5.41, 5.74) is 3.09. The minimum atomic E-state index is -0.0490. The van der Waals surface area contributed by atoms with Crippen molar-refractivity contribution in [3.05, 3.63) is 59.2 Å². The average Bonchev–Trinajstić information content (AvgIpc) is 2.54. The van der Waals surface area contributed by atoms with Crippen LogP contribution in [0.15, 0.2) is 42.5 Å². The molecule has 0 fully saturated rings. The Morgan fingerprint density at radius 3 is 2.41 bits per heavy atom. The van der Waals surface area contributed by atoms with E-state index in [1.54, 1.807) is 20.3 Å². The Hall–Kier alpha value is -2.49. The summed E-state index contributed by atoms with van der Waals surface area (Å²) in [6, 6.07) is 13.5. The van der Waals surface area contributed by atoms with E-state index in [1.807, 2.05) is 43.3 Å². The van der Waals surface area contributed by atoms with Crippen LogP contribution in [0.3, 0.4) is 0 Å². The Kier molecular flexibility index (Phi) is 5.42. The highest BCUT2D eigenvalue weighted by atomic mass is 16.5. The number of aryl methyl sites for hydroxylation is 1. The van der Waals surface area contributed by atoms with E-state index in [2.05, 4.69) is 5.32 Å². The summed E-state index contributed by atoms with van der Waals surface area (Å²) in [7, 11) is 3.19. The molecule has 0 unspecified atom stereocenters. The average molecular weight is 299 g/mol. The van der Waals surface area contributed by atoms with Crippen LogP contribution in [-0.4, -0.2) is 20.1 Å². The fourth-order valence-corrected chi connectivity index (χ4v) is 2.16. The minimum Gasteiger partial charge on any atom is -0.497 e. The maximum atomic E-state index is 12.1. The third-order valence-electron chi connectivity index (χ3n) is 3.45. The van der Waals surface area contributed by atoms with Crippen molar-refractivity contribution in [2.24, 2.45) is 0 Å². The summed E-state index contributed by atoms with van der Waals surface area (Å²) in [6.45, 7) is 2.56. The zero-order valence-corrected chi connectivity index (χ0v) is 13.2. The van der Waals surface area contributed by atoms with Crippen molar-refractivity contribution < 1.29 is 14.3 Å². The molecule has 0 aromatic heterocycles. The molecule has 2 aromatic carbocycles. The van der Waals surface area contributed by atoms with Gasteiger partial charge in [-0.3, -0.25) is 4.79 Å². The second-order valence-electron chi connectivity index (χ2n) is 5.12. The van der Waals surface area contributed by atoms with E-state index in [1.165, 1.54) is 5.56 Å². The van der Waals surface area contributed by atoms with Crippen LogP contribution in [0.4, 0.5) is 0 Å². The first-order valence-corrected chi connectivity index (χ1v) is 7.15. The highest BCUT2D eigenvalue weighted by Crippen LogP contribution is 2.24. The number of nitrogens with one attached hydrogen (secondary N) is 1. The number of rotatable bonds is 6. The first-order chi connectivity index (χ1) is 10.6. The summed E-state index contributed by atoms with van der Waals surface area (Å²) in [4.78, 5) is 12.1. The molecule has 0 spiro atoms. The van der Waals surface area contributed by atoms with Crippen LogP contribution in [0.2, 0.25) is 0 Å². The van der Waals surface area contributed by atoms with Crippen LogP contribution >= 0.6 is 0 Å². The second kappa shape index (κ2) is 7.50. The smallest absolute Gasteiger partial charge is 0.224 e. The Balaban J connectivity index is 1.98. The van der Waals surface area contributed by atoms with E-state index < -0.39 is 0 Å². The molecule has 1 amide bonds. The highest BCUT2D eigenvalue weighted by molar-refractivity contribution is 5.79. The van der Waals surface area contributed by atoms with Gasteiger partial charge in [0.1, 0.15) is 11.5 Å². The molecule has 0 saturated heterocycles. The predicted octanol–water partition coefficient (Wildman–Crippen LogP) is 2.87. The van der Waals surface area contributed by atoms with Gasteiger partial charge >= 0.3 is 0 Å². The number of carbonyl (C=O) groups excluding carboxylic acids is 1. The third-order valence-corrected chi connectivity index (χ3v) is 3.45. The van der Waals surface area contributed by atoms with Gasteiger partial charge in [-0.2, -0.15) is 0 Å². The van der Waals surface area contributed by atoms with E-state index in [0.29, 0.717) is 18.0 Å². The van der Waals surface area contributed by atoms with Gasteiger partial charge in [0.25, 0.3) is 0 Å². The third kappa shape index (κ3) is 4.25. The lowest BCUT2D eigenvalue weighted by atomic mass is 10.1. The fraction of sp³-hybridized carbons (Fsp3) is 0.278. The fourth-order valence-electron chi connectivity index (χ4n) is 2.16. The molecule has 1 N–H and O–H groups in total. The number of hydrogen-bond acceptors (Lipinski definition) is 3. The van der Waals surface area contributed by atoms with Gasteiger partial charge in [0.15, 0.2) is 0 Å². The predicted molar refractivity (Wildman–Crippen MR) is 86.3 cm³/mol. The molecular formula is C18H21NO3. The topological polar surface area (TPSA) is 47.6 Å². The van der Waals surface area contributed by atoms with Crippen molar-refractivity contribution in [3.8, 4) is 11.5 Å². The summed E-state index contributed by atoms with van der Waals surface area (Å²) in [6.07, 6.45) is 0.256. The Morgan fingerprint density at radius 1 is 1.05 bits per heavy atom. The quantitative estimate of drug-likeness (QED) is 0.892. The number of methoxy groups -OCH3 is 2. The molecule has 116 valence electrons. The lowest BCUT2D eigenvalue weighted by Crippen LogP contribution is -2.24. The minimum absolute atomic E-state index is 0.0490. The standard InChI is InChI=1S/C18H21NO3/c1-13-4-6-14(7-5-13)12-19-18(20)11-15-10-16(21-2)8-9-17(15)22-3/h4-10H,11-12H2,1-3H3,(H,19,20). The first-order valence-electron chi connectivity index (χ1n) is 7.15. The molecule has 0 radical (unpaired) electrons. The van der Waals surface area contributed by atoms with Crippen LogP contribution in [0.25, 0.3) is 0 Å². The maximum absolute atomic E-state index is 12.1. The Labute approximate surface area is 131 Å². The largest absolute Gasteiger partial charge is 0.497 e. The number of benzene rings is 2. The summed E-state index contributed by atoms with van der Waals surface area (Å²) < 4.78 is 10.5. The van der Waals surface area contributed by atoms with Crippen molar-refractivity contribution in [2.45, 2.75) is 19.9 Å². The van der Waals surface area contributed by atoms with Crippen molar-refractivity contribution >= 4 is 5.91 Å². The number of carbonyl (C=O) groups is 1. The van der Waals surface area contributed by atoms with Crippen LogP contribution in [0.1, 0.15) is 16.7 Å². The van der Waals surface area contributed by atoms with Crippen molar-refractivity contribution in [1.82, 2.24) is 5.32 Å². The zero-order valence-electron chi connectivity index (χ0n) is 13.2. The van der Waals surface area contributed by atoms with Gasteiger partial charge in [-0.05, 0) is 30.7 Å². The van der Waals surface area contributed by atoms with Crippen LogP contribution < -0.4 is 14.8 Å². The van der Waals surface area contributed by atoms with Gasteiger partial charge < -0.3 is 14.8 Å². The van der Waals surface area contributed by atoms with Gasteiger partial charge in [-0.15, -0.1) is 0 Å². The monoisotopic (exact) mass is 299 g/mol. The number of hydrogen-bond donors (Lipinski definition) is 1.